The number of benzene rings is 3. The van der Waals surface area contributed by atoms with Crippen LogP contribution in [0.2, 0.25) is 6.04 Å². The fourth-order valence-electron chi connectivity index (χ4n) is 6.22. The summed E-state index contributed by atoms with van der Waals surface area (Å²) < 4.78 is 1.44. The minimum atomic E-state index is -2.28. The molecule has 0 radical (unpaired) electrons. The summed E-state index contributed by atoms with van der Waals surface area (Å²) in [5, 5.41) is 1.75. The summed E-state index contributed by atoms with van der Waals surface area (Å²) in [6.45, 7) is 2.31. The molecule has 0 N–H and O–H groups in total. The van der Waals surface area contributed by atoms with Crippen molar-refractivity contribution in [2.75, 3.05) is 0 Å². The number of rotatable bonds is 12. The van der Waals surface area contributed by atoms with Gasteiger partial charge < -0.3 is 0 Å². The molecule has 0 fully saturated rings. The van der Waals surface area contributed by atoms with Crippen molar-refractivity contribution in [2.45, 2.75) is 65.3 Å². The van der Waals surface area contributed by atoms with Crippen LogP contribution in [-0.2, 0) is 20.6 Å². The Bertz CT molecular complexity index is 1090. The summed E-state index contributed by atoms with van der Waals surface area (Å²) >= 11 is -2.28. The van der Waals surface area contributed by atoms with Crippen LogP contribution in [-0.4, -0.2) is 5.98 Å². The summed E-state index contributed by atoms with van der Waals surface area (Å²) in [6, 6.07) is 31.9. The quantitative estimate of drug-likeness (QED) is 0.137. The van der Waals surface area contributed by atoms with Crippen molar-refractivity contribution in [3.63, 3.8) is 0 Å². The van der Waals surface area contributed by atoms with Gasteiger partial charge in [-0.25, -0.2) is 0 Å². The molecule has 5 rings (SSSR count). The Morgan fingerprint density at radius 2 is 1.11 bits per heavy atom. The molecule has 2 aliphatic carbocycles. The first-order valence-corrected chi connectivity index (χ1v) is 26.2. The van der Waals surface area contributed by atoms with Gasteiger partial charge in [-0.2, -0.15) is 0 Å². The molecule has 179 valence electrons. The van der Waals surface area contributed by atoms with E-state index in [-0.39, 0.29) is 0 Å². The van der Waals surface area contributed by atoms with Crippen LogP contribution in [0.1, 0.15) is 81.5 Å². The fraction of sp³-hybridized carbons (Fsp3) is 0.333. The predicted octanol–water partition coefficient (Wildman–Crippen LogP) is 8.52. The third-order valence-corrected chi connectivity index (χ3v) is 41.0. The zero-order chi connectivity index (χ0) is 23.9. The molecule has 2 heteroatoms. The van der Waals surface area contributed by atoms with Crippen LogP contribution in [0.5, 0.6) is 0 Å². The van der Waals surface area contributed by atoms with Crippen LogP contribution in [0.4, 0.5) is 0 Å². The van der Waals surface area contributed by atoms with E-state index in [0.717, 1.165) is 7.35 Å². The van der Waals surface area contributed by atoms with Gasteiger partial charge in [-0.05, 0) is 0 Å². The Balaban J connectivity index is 1.46. The van der Waals surface area contributed by atoms with Crippen molar-refractivity contribution in [3.05, 3.63) is 113 Å². The Hall–Kier alpha value is -1.77. The van der Waals surface area contributed by atoms with E-state index in [2.05, 4.69) is 110 Å². The van der Waals surface area contributed by atoms with E-state index in [0.29, 0.717) is 0 Å². The molecule has 0 aliphatic heterocycles. The molecule has 0 saturated carbocycles. The van der Waals surface area contributed by atoms with Crippen LogP contribution in [0.3, 0.4) is 0 Å². The van der Waals surface area contributed by atoms with E-state index in [1.165, 1.54) is 62.1 Å². The van der Waals surface area contributed by atoms with Crippen molar-refractivity contribution in [1.82, 2.24) is 0 Å². The molecule has 0 bridgehead atoms. The second kappa shape index (κ2) is 12.5. The standard InChI is InChI=1S/C15H25Si.2C9H7.Hf/c1-2-3-4-5-6-7-11-14-16-15-12-9-8-10-13-15;2*1-2-5-9-7-3-6-8(9)4-1;/h8-10,12-13,16H,2-7,11,14H2,1H3;2*1-7H;. The molecule has 3 aromatic rings. The number of allylic oxidation sites excluding steroid dienone is 2. The maximum atomic E-state index is 2.63. The SMILES string of the molecule is CCCCCCCCC[SiH](c1ccccc1)[Hf]([CH]1C=Cc2ccccc21)[CH]1C=Cc2ccccc21. The van der Waals surface area contributed by atoms with Gasteiger partial charge in [0.05, 0.1) is 0 Å². The third-order valence-electron chi connectivity index (χ3n) is 8.02. The molecular formula is C33H39HfSi. The molecule has 2 aliphatic rings. The van der Waals surface area contributed by atoms with Crippen LogP contribution < -0.4 is 5.19 Å². The molecule has 0 aromatic heterocycles. The summed E-state index contributed by atoms with van der Waals surface area (Å²) in [5.74, 6) is -1.09. The molecule has 3 aromatic carbocycles. The van der Waals surface area contributed by atoms with Crippen LogP contribution in [0, 0.1) is 0 Å². The van der Waals surface area contributed by atoms with Gasteiger partial charge in [0.25, 0.3) is 0 Å². The van der Waals surface area contributed by atoms with Crippen molar-refractivity contribution in [1.29, 1.82) is 0 Å². The van der Waals surface area contributed by atoms with Gasteiger partial charge in [-0.3, -0.25) is 0 Å². The summed E-state index contributed by atoms with van der Waals surface area (Å²) in [7, 11) is 0. The minimum absolute atomic E-state index is 0.721. The monoisotopic (exact) mass is 643 g/mol. The summed E-state index contributed by atoms with van der Waals surface area (Å²) in [4.78, 5) is 0. The molecule has 0 amide bonds. The van der Waals surface area contributed by atoms with Crippen molar-refractivity contribution < 1.29 is 20.6 Å². The normalized spacial score (nSPS) is 18.4. The average Bonchev–Trinajstić information content (AvgIpc) is 3.53. The molecular weight excluding hydrogens is 603 g/mol. The Morgan fingerprint density at radius 3 is 1.71 bits per heavy atom. The first-order valence-electron chi connectivity index (χ1n) is 13.8. The van der Waals surface area contributed by atoms with Gasteiger partial charge in [0.2, 0.25) is 0 Å². The van der Waals surface area contributed by atoms with E-state index in [4.69, 9.17) is 0 Å². The molecule has 0 heterocycles. The van der Waals surface area contributed by atoms with E-state index >= 15 is 0 Å². The zero-order valence-corrected chi connectivity index (χ0v) is 26.0. The molecule has 0 spiro atoms. The summed E-state index contributed by atoms with van der Waals surface area (Å²) in [5.41, 5.74) is 6.24. The fourth-order valence-corrected chi connectivity index (χ4v) is 43.8. The van der Waals surface area contributed by atoms with E-state index in [1.54, 1.807) is 16.3 Å². The van der Waals surface area contributed by atoms with Crippen LogP contribution in [0.15, 0.2) is 91.0 Å². The van der Waals surface area contributed by atoms with E-state index < -0.39 is 26.6 Å². The number of hydrogen-bond donors (Lipinski definition) is 0. The first-order chi connectivity index (χ1) is 17.4. The van der Waals surface area contributed by atoms with Gasteiger partial charge in [-0.1, -0.05) is 0 Å². The number of unbranched alkanes of at least 4 members (excludes halogenated alkanes) is 6. The van der Waals surface area contributed by atoms with Crippen LogP contribution in [0.25, 0.3) is 12.2 Å². The number of fused-ring (bicyclic) bond motifs is 2. The third kappa shape index (κ3) is 5.80. The average molecular weight is 642 g/mol. The Morgan fingerprint density at radius 1 is 0.600 bits per heavy atom. The molecule has 3 atom stereocenters. The second-order valence-electron chi connectivity index (χ2n) is 10.3. The van der Waals surface area contributed by atoms with Crippen LogP contribution >= 0.6 is 0 Å². The van der Waals surface area contributed by atoms with Crippen molar-refractivity contribution in [2.24, 2.45) is 0 Å². The maximum absolute atomic E-state index is 2.63. The van der Waals surface area contributed by atoms with Gasteiger partial charge >= 0.3 is 222 Å². The summed E-state index contributed by atoms with van der Waals surface area (Å²) in [6.07, 6.45) is 20.0. The van der Waals surface area contributed by atoms with E-state index in [9.17, 15) is 0 Å². The van der Waals surface area contributed by atoms with Gasteiger partial charge in [-0.15, -0.1) is 0 Å². The first kappa shape index (κ1) is 24.9. The van der Waals surface area contributed by atoms with Gasteiger partial charge in [0, 0.05) is 0 Å². The van der Waals surface area contributed by atoms with Crippen molar-refractivity contribution >= 4 is 23.3 Å². The second-order valence-corrected chi connectivity index (χ2v) is 33.7. The van der Waals surface area contributed by atoms with Gasteiger partial charge in [0.15, 0.2) is 0 Å². The molecule has 3 unspecified atom stereocenters. The van der Waals surface area contributed by atoms with E-state index in [1.807, 2.05) is 0 Å². The topological polar surface area (TPSA) is 0 Å². The van der Waals surface area contributed by atoms with Crippen molar-refractivity contribution in [3.8, 4) is 0 Å². The zero-order valence-electron chi connectivity index (χ0n) is 21.2. The predicted molar refractivity (Wildman–Crippen MR) is 152 cm³/mol. The number of hydrogen-bond acceptors (Lipinski definition) is 0. The molecule has 35 heavy (non-hydrogen) atoms. The Kier molecular flexibility index (Phi) is 8.86. The molecule has 0 nitrogen and oxygen atoms in total. The molecule has 0 saturated heterocycles. The Labute approximate surface area is 221 Å². The van der Waals surface area contributed by atoms with Gasteiger partial charge in [0.1, 0.15) is 0 Å².